The average molecular weight is 381 g/mol. The minimum Gasteiger partial charge on any atom is -0.304 e. The Kier molecular flexibility index (Phi) is 5.13. The van der Waals surface area contributed by atoms with E-state index in [-0.39, 0.29) is 15.4 Å². The fraction of sp³-hybridized carbons (Fsp3) is 0.400. The molecule has 1 saturated heterocycles. The van der Waals surface area contributed by atoms with Crippen molar-refractivity contribution in [1.82, 2.24) is 19.4 Å². The third-order valence-electron chi connectivity index (χ3n) is 3.93. The maximum absolute atomic E-state index is 12.6. The molecule has 25 heavy (non-hydrogen) atoms. The SMILES string of the molecule is Cc1cccc(C(=O)Nc2nnc(S(=O)(=O)N3CCN(C)CC3)s2)c1. The minimum absolute atomic E-state index is 0.100. The Labute approximate surface area is 150 Å². The van der Waals surface area contributed by atoms with E-state index in [1.807, 2.05) is 20.0 Å². The molecule has 0 radical (unpaired) electrons. The van der Waals surface area contributed by atoms with Crippen molar-refractivity contribution >= 4 is 32.4 Å². The third kappa shape index (κ3) is 4.03. The van der Waals surface area contributed by atoms with Gasteiger partial charge in [0.2, 0.25) is 9.47 Å². The first kappa shape index (κ1) is 17.9. The number of carbonyl (C=O) groups excluding carboxylic acids is 1. The first-order valence-corrected chi connectivity index (χ1v) is 10.0. The number of sulfonamides is 1. The Balaban J connectivity index is 1.72. The Bertz CT molecular complexity index is 873. The van der Waals surface area contributed by atoms with Crippen molar-refractivity contribution in [3.63, 3.8) is 0 Å². The molecule has 3 rings (SSSR count). The minimum atomic E-state index is -3.67. The normalized spacial score (nSPS) is 16.7. The number of amides is 1. The number of anilines is 1. The number of hydrogen-bond donors (Lipinski definition) is 1. The van der Waals surface area contributed by atoms with Gasteiger partial charge in [-0.3, -0.25) is 10.1 Å². The standard InChI is InChI=1S/C15H19N5O3S2/c1-11-4-3-5-12(10-11)13(21)16-14-17-18-15(24-14)25(22,23)20-8-6-19(2)7-9-20/h3-5,10H,6-9H2,1-2H3,(H,16,17,21). The van der Waals surface area contributed by atoms with Crippen LogP contribution in [-0.2, 0) is 10.0 Å². The second kappa shape index (κ2) is 7.16. The lowest BCUT2D eigenvalue weighted by Gasteiger charge is -2.30. The molecular formula is C15H19N5O3S2. The van der Waals surface area contributed by atoms with Crippen LogP contribution in [0.4, 0.5) is 5.13 Å². The summed E-state index contributed by atoms with van der Waals surface area (Å²) in [6.07, 6.45) is 0. The molecule has 1 aliphatic heterocycles. The van der Waals surface area contributed by atoms with Crippen LogP contribution >= 0.6 is 11.3 Å². The summed E-state index contributed by atoms with van der Waals surface area (Å²) < 4.78 is 26.5. The third-order valence-corrected chi connectivity index (χ3v) is 7.01. The van der Waals surface area contributed by atoms with Crippen LogP contribution in [0.3, 0.4) is 0 Å². The average Bonchev–Trinajstić information content (AvgIpc) is 3.04. The molecule has 1 N–H and O–H groups in total. The smallest absolute Gasteiger partial charge is 0.272 e. The molecule has 1 aliphatic rings. The molecular weight excluding hydrogens is 362 g/mol. The summed E-state index contributed by atoms with van der Waals surface area (Å²) in [4.78, 5) is 14.3. The first-order chi connectivity index (χ1) is 11.9. The first-order valence-electron chi connectivity index (χ1n) is 7.76. The number of likely N-dealkylation sites (N-methyl/N-ethyl adjacent to an activating group) is 1. The number of carbonyl (C=O) groups is 1. The Morgan fingerprint density at radius 1 is 1.20 bits per heavy atom. The van der Waals surface area contributed by atoms with E-state index in [0.717, 1.165) is 16.9 Å². The summed E-state index contributed by atoms with van der Waals surface area (Å²) in [6.45, 7) is 4.08. The largest absolute Gasteiger partial charge is 0.304 e. The van der Waals surface area contributed by atoms with E-state index in [1.54, 1.807) is 18.2 Å². The predicted octanol–water partition coefficient (Wildman–Crippen LogP) is 1.03. The molecule has 2 aromatic rings. The van der Waals surface area contributed by atoms with E-state index in [2.05, 4.69) is 20.4 Å². The molecule has 0 unspecified atom stereocenters. The van der Waals surface area contributed by atoms with Gasteiger partial charge in [0.1, 0.15) is 0 Å². The van der Waals surface area contributed by atoms with Crippen molar-refractivity contribution in [2.75, 3.05) is 38.5 Å². The zero-order valence-corrected chi connectivity index (χ0v) is 15.6. The second-order valence-corrected chi connectivity index (χ2v) is 8.99. The molecule has 2 heterocycles. The lowest BCUT2D eigenvalue weighted by Crippen LogP contribution is -2.46. The van der Waals surface area contributed by atoms with Crippen LogP contribution in [0.1, 0.15) is 15.9 Å². The lowest BCUT2D eigenvalue weighted by atomic mass is 10.1. The van der Waals surface area contributed by atoms with Crippen LogP contribution < -0.4 is 5.32 Å². The molecule has 8 nitrogen and oxygen atoms in total. The molecule has 134 valence electrons. The summed E-state index contributed by atoms with van der Waals surface area (Å²) in [5, 5.41) is 10.3. The highest BCUT2D eigenvalue weighted by molar-refractivity contribution is 7.91. The van der Waals surface area contributed by atoms with Crippen molar-refractivity contribution in [3.05, 3.63) is 35.4 Å². The zero-order valence-electron chi connectivity index (χ0n) is 14.0. The van der Waals surface area contributed by atoms with E-state index in [9.17, 15) is 13.2 Å². The number of hydrogen-bond acceptors (Lipinski definition) is 7. The van der Waals surface area contributed by atoms with Crippen molar-refractivity contribution in [3.8, 4) is 0 Å². The highest BCUT2D eigenvalue weighted by atomic mass is 32.2. The Morgan fingerprint density at radius 2 is 1.92 bits per heavy atom. The Morgan fingerprint density at radius 3 is 2.60 bits per heavy atom. The number of nitrogens with one attached hydrogen (secondary N) is 1. The zero-order chi connectivity index (χ0) is 18.0. The molecule has 1 amide bonds. The van der Waals surface area contributed by atoms with Gasteiger partial charge in [0.15, 0.2) is 0 Å². The van der Waals surface area contributed by atoms with E-state index in [1.165, 1.54) is 4.31 Å². The monoisotopic (exact) mass is 381 g/mol. The highest BCUT2D eigenvalue weighted by Crippen LogP contribution is 2.24. The van der Waals surface area contributed by atoms with E-state index < -0.39 is 10.0 Å². The van der Waals surface area contributed by atoms with Gasteiger partial charge in [0.05, 0.1) is 0 Å². The van der Waals surface area contributed by atoms with Gasteiger partial charge in [0.25, 0.3) is 15.9 Å². The van der Waals surface area contributed by atoms with E-state index in [4.69, 9.17) is 0 Å². The van der Waals surface area contributed by atoms with Crippen molar-refractivity contribution in [2.45, 2.75) is 11.3 Å². The molecule has 0 atom stereocenters. The van der Waals surface area contributed by atoms with Gasteiger partial charge in [-0.25, -0.2) is 8.42 Å². The maximum atomic E-state index is 12.6. The summed E-state index contributed by atoms with van der Waals surface area (Å²) in [6, 6.07) is 7.11. The molecule has 1 aromatic carbocycles. The number of piperazine rings is 1. The fourth-order valence-corrected chi connectivity index (χ4v) is 4.91. The predicted molar refractivity (Wildman–Crippen MR) is 95.3 cm³/mol. The summed E-state index contributed by atoms with van der Waals surface area (Å²) in [7, 11) is -1.72. The fourth-order valence-electron chi connectivity index (χ4n) is 2.46. The molecule has 0 saturated carbocycles. The second-order valence-electron chi connectivity index (χ2n) is 5.90. The number of benzene rings is 1. The van der Waals surface area contributed by atoms with Crippen LogP contribution in [0.2, 0.25) is 0 Å². The molecule has 0 aliphatic carbocycles. The molecule has 0 spiro atoms. The van der Waals surface area contributed by atoms with Gasteiger partial charge in [-0.15, -0.1) is 10.2 Å². The van der Waals surface area contributed by atoms with Gasteiger partial charge in [-0.1, -0.05) is 29.0 Å². The summed E-state index contributed by atoms with van der Waals surface area (Å²) in [5.41, 5.74) is 1.45. The Hall–Kier alpha value is -1.88. The van der Waals surface area contributed by atoms with Crippen molar-refractivity contribution in [2.24, 2.45) is 0 Å². The van der Waals surface area contributed by atoms with Gasteiger partial charge in [-0.2, -0.15) is 4.31 Å². The van der Waals surface area contributed by atoms with Crippen molar-refractivity contribution in [1.29, 1.82) is 0 Å². The van der Waals surface area contributed by atoms with E-state index in [0.29, 0.717) is 31.7 Å². The number of nitrogens with zero attached hydrogens (tertiary/aromatic N) is 4. The lowest BCUT2D eigenvalue weighted by molar-refractivity contribution is 0.102. The molecule has 10 heteroatoms. The van der Waals surface area contributed by atoms with Crippen LogP contribution in [0.25, 0.3) is 0 Å². The van der Waals surface area contributed by atoms with Crippen LogP contribution in [-0.4, -0.2) is 67.0 Å². The number of aromatic nitrogens is 2. The van der Waals surface area contributed by atoms with Crippen LogP contribution in [0.5, 0.6) is 0 Å². The van der Waals surface area contributed by atoms with E-state index >= 15 is 0 Å². The topological polar surface area (TPSA) is 95.5 Å². The highest BCUT2D eigenvalue weighted by Gasteiger charge is 2.31. The number of rotatable bonds is 4. The molecule has 1 aromatic heterocycles. The quantitative estimate of drug-likeness (QED) is 0.795. The molecule has 0 bridgehead atoms. The number of aryl methyl sites for hydroxylation is 1. The maximum Gasteiger partial charge on any atom is 0.272 e. The molecule has 1 fully saturated rings. The van der Waals surface area contributed by atoms with Gasteiger partial charge < -0.3 is 4.90 Å². The summed E-state index contributed by atoms with van der Waals surface area (Å²) in [5.74, 6) is -0.344. The summed E-state index contributed by atoms with van der Waals surface area (Å²) >= 11 is 0.864. The van der Waals surface area contributed by atoms with Crippen LogP contribution in [0.15, 0.2) is 28.6 Å². The van der Waals surface area contributed by atoms with Gasteiger partial charge in [-0.05, 0) is 26.1 Å². The van der Waals surface area contributed by atoms with Gasteiger partial charge >= 0.3 is 0 Å². The van der Waals surface area contributed by atoms with Crippen molar-refractivity contribution < 1.29 is 13.2 Å². The van der Waals surface area contributed by atoms with Gasteiger partial charge in [0, 0.05) is 31.7 Å². The van der Waals surface area contributed by atoms with Crippen LogP contribution in [0, 0.1) is 6.92 Å².